The van der Waals surface area contributed by atoms with Gasteiger partial charge in [-0.25, -0.2) is 0 Å². The number of nitrogens with one attached hydrogen (secondary N) is 4. The molecule has 1 aliphatic rings. The van der Waals surface area contributed by atoms with Crippen LogP contribution in [0.15, 0.2) is 24.3 Å². The van der Waals surface area contributed by atoms with Gasteiger partial charge in [0.05, 0.1) is 11.6 Å². The van der Waals surface area contributed by atoms with Crippen molar-refractivity contribution in [2.24, 2.45) is 11.8 Å². The summed E-state index contributed by atoms with van der Waals surface area (Å²) in [4.78, 5) is 40.2. The number of nitrogens with zero attached hydrogens (tertiary/aromatic N) is 1. The predicted octanol–water partition coefficient (Wildman–Crippen LogP) is 3.26. The zero-order chi connectivity index (χ0) is 25.8. The van der Waals surface area contributed by atoms with Gasteiger partial charge < -0.3 is 20.9 Å². The molecule has 0 spiro atoms. The fourth-order valence-electron chi connectivity index (χ4n) is 4.19. The Morgan fingerprint density at radius 3 is 2.60 bits per heavy atom. The van der Waals surface area contributed by atoms with Gasteiger partial charge in [-0.3, -0.25) is 14.4 Å². The largest absolute Gasteiger partial charge is 0.417 e. The van der Waals surface area contributed by atoms with E-state index in [-0.39, 0.29) is 47.2 Å². The molecule has 2 aromatic rings. The minimum Gasteiger partial charge on any atom is -0.356 e. The number of aromatic amines is 1. The average Bonchev–Trinajstić information content (AvgIpc) is 3.40. The zero-order valence-electron chi connectivity index (χ0n) is 19.5. The van der Waals surface area contributed by atoms with Crippen molar-refractivity contribution in [3.8, 4) is 6.07 Å². The molecule has 0 unspecified atom stereocenters. The van der Waals surface area contributed by atoms with Crippen LogP contribution in [0.5, 0.6) is 0 Å². The molecule has 2 heterocycles. The van der Waals surface area contributed by atoms with E-state index < -0.39 is 35.6 Å². The lowest BCUT2D eigenvalue weighted by molar-refractivity contribution is -0.136. The number of nitriles is 1. The summed E-state index contributed by atoms with van der Waals surface area (Å²) in [5, 5.41) is 17.2. The summed E-state index contributed by atoms with van der Waals surface area (Å²) in [6.07, 6.45) is -2.92. The molecule has 3 rings (SSSR count). The number of amides is 3. The monoisotopic (exact) mass is 491 g/mol. The second-order valence-electron chi connectivity index (χ2n) is 9.15. The van der Waals surface area contributed by atoms with Gasteiger partial charge in [0, 0.05) is 23.4 Å². The molecule has 3 amide bonds. The lowest BCUT2D eigenvalue weighted by Gasteiger charge is -2.22. The molecule has 35 heavy (non-hydrogen) atoms. The van der Waals surface area contributed by atoms with Crippen molar-refractivity contribution >= 4 is 28.6 Å². The number of benzene rings is 1. The highest BCUT2D eigenvalue weighted by atomic mass is 19.4. The number of hydrogen-bond acceptors (Lipinski definition) is 4. The smallest absolute Gasteiger partial charge is 0.356 e. The van der Waals surface area contributed by atoms with E-state index in [1.165, 1.54) is 12.1 Å². The normalized spacial score (nSPS) is 17.6. The number of rotatable bonds is 9. The number of fused-ring (bicyclic) bond motifs is 1. The Morgan fingerprint density at radius 1 is 1.26 bits per heavy atom. The van der Waals surface area contributed by atoms with Gasteiger partial charge in [0.15, 0.2) is 0 Å². The summed E-state index contributed by atoms with van der Waals surface area (Å²) >= 11 is 0. The SMILES string of the molecule is CC(C)C[C@H](NC(=O)c1cc2c(C(F)(F)F)cccc2[nH]1)C(=O)N[C@H](C#N)CC[C@@H]1CCNC1=O. The van der Waals surface area contributed by atoms with Crippen LogP contribution in [0.2, 0.25) is 0 Å². The van der Waals surface area contributed by atoms with Crippen LogP contribution in [-0.2, 0) is 15.8 Å². The third-order valence-electron chi connectivity index (χ3n) is 5.98. The molecular weight excluding hydrogens is 463 g/mol. The first-order valence-corrected chi connectivity index (χ1v) is 11.5. The van der Waals surface area contributed by atoms with Gasteiger partial charge in [-0.05, 0) is 49.8 Å². The summed E-state index contributed by atoms with van der Waals surface area (Å²) < 4.78 is 39.9. The molecule has 0 aliphatic carbocycles. The molecule has 0 radical (unpaired) electrons. The first-order chi connectivity index (χ1) is 16.5. The minimum atomic E-state index is -4.58. The van der Waals surface area contributed by atoms with E-state index in [1.54, 1.807) is 0 Å². The van der Waals surface area contributed by atoms with Gasteiger partial charge in [-0.15, -0.1) is 0 Å². The van der Waals surface area contributed by atoms with E-state index in [0.717, 1.165) is 12.1 Å². The highest BCUT2D eigenvalue weighted by Gasteiger charge is 2.33. The summed E-state index contributed by atoms with van der Waals surface area (Å²) in [7, 11) is 0. The maximum atomic E-state index is 13.3. The fourth-order valence-corrected chi connectivity index (χ4v) is 4.19. The molecule has 188 valence electrons. The Labute approximate surface area is 200 Å². The number of alkyl halides is 3. The van der Waals surface area contributed by atoms with Gasteiger partial charge in [-0.1, -0.05) is 19.9 Å². The van der Waals surface area contributed by atoms with E-state index in [0.29, 0.717) is 19.4 Å². The van der Waals surface area contributed by atoms with Crippen LogP contribution in [0.4, 0.5) is 13.2 Å². The van der Waals surface area contributed by atoms with E-state index >= 15 is 0 Å². The van der Waals surface area contributed by atoms with Crippen LogP contribution < -0.4 is 16.0 Å². The standard InChI is InChI=1S/C24H28F3N5O3/c1-13(2)10-19(22(34)30-15(12-28)7-6-14-8-9-29-21(14)33)32-23(35)20-11-16-17(24(25,26)27)4-3-5-18(16)31-20/h3-5,11,13-15,19,31H,6-10H2,1-2H3,(H,29,33)(H,30,34)(H,32,35)/t14-,15+,19+/m1/s1. The van der Waals surface area contributed by atoms with Gasteiger partial charge >= 0.3 is 6.18 Å². The molecule has 1 aromatic carbocycles. The molecule has 1 aliphatic heterocycles. The van der Waals surface area contributed by atoms with Gasteiger partial charge in [0.2, 0.25) is 11.8 Å². The number of halogens is 3. The Morgan fingerprint density at radius 2 is 2.00 bits per heavy atom. The first-order valence-electron chi connectivity index (χ1n) is 11.5. The number of carbonyl (C=O) groups is 3. The van der Waals surface area contributed by atoms with Crippen molar-refractivity contribution in [3.05, 3.63) is 35.5 Å². The number of hydrogen-bond donors (Lipinski definition) is 4. The van der Waals surface area contributed by atoms with Crippen molar-refractivity contribution in [3.63, 3.8) is 0 Å². The highest BCUT2D eigenvalue weighted by Crippen LogP contribution is 2.35. The van der Waals surface area contributed by atoms with Crippen molar-refractivity contribution in [1.29, 1.82) is 5.26 Å². The molecule has 11 heteroatoms. The van der Waals surface area contributed by atoms with Gasteiger partial charge in [-0.2, -0.15) is 18.4 Å². The topological polar surface area (TPSA) is 127 Å². The van der Waals surface area contributed by atoms with E-state index in [9.17, 15) is 32.8 Å². The predicted molar refractivity (Wildman–Crippen MR) is 122 cm³/mol. The number of aromatic nitrogens is 1. The highest BCUT2D eigenvalue weighted by molar-refractivity contribution is 6.01. The van der Waals surface area contributed by atoms with Crippen LogP contribution in [0.25, 0.3) is 10.9 Å². The van der Waals surface area contributed by atoms with Crippen molar-refractivity contribution < 1.29 is 27.6 Å². The van der Waals surface area contributed by atoms with E-state index in [4.69, 9.17) is 0 Å². The van der Waals surface area contributed by atoms with E-state index in [2.05, 4.69) is 20.9 Å². The van der Waals surface area contributed by atoms with E-state index in [1.807, 2.05) is 19.9 Å². The van der Waals surface area contributed by atoms with Crippen LogP contribution in [0, 0.1) is 23.2 Å². The van der Waals surface area contributed by atoms with Crippen molar-refractivity contribution in [2.75, 3.05) is 6.54 Å². The fraction of sp³-hybridized carbons (Fsp3) is 0.500. The molecule has 0 saturated carbocycles. The summed E-state index contributed by atoms with van der Waals surface area (Å²) in [5.41, 5.74) is -0.827. The Kier molecular flexibility index (Phi) is 8.04. The Balaban J connectivity index is 1.71. The van der Waals surface area contributed by atoms with Crippen LogP contribution in [0.1, 0.15) is 55.6 Å². The van der Waals surface area contributed by atoms with Crippen LogP contribution in [-0.4, -0.2) is 41.3 Å². The summed E-state index contributed by atoms with van der Waals surface area (Å²) in [5.74, 6) is -1.55. The summed E-state index contributed by atoms with van der Waals surface area (Å²) in [6.45, 7) is 4.30. The van der Waals surface area contributed by atoms with Crippen molar-refractivity contribution in [2.45, 2.75) is 57.8 Å². The molecule has 0 bridgehead atoms. The molecule has 1 saturated heterocycles. The van der Waals surface area contributed by atoms with Gasteiger partial charge in [0.1, 0.15) is 17.8 Å². The summed E-state index contributed by atoms with van der Waals surface area (Å²) in [6, 6.07) is 4.90. The first kappa shape index (κ1) is 26.1. The average molecular weight is 492 g/mol. The minimum absolute atomic E-state index is 0.00770. The number of H-pyrrole nitrogens is 1. The molecule has 8 nitrogen and oxygen atoms in total. The lowest BCUT2D eigenvalue weighted by atomic mass is 9.98. The van der Waals surface area contributed by atoms with Gasteiger partial charge in [0.25, 0.3) is 5.91 Å². The third kappa shape index (κ3) is 6.53. The molecule has 1 fully saturated rings. The van der Waals surface area contributed by atoms with Crippen LogP contribution in [0.3, 0.4) is 0 Å². The molecule has 4 N–H and O–H groups in total. The van der Waals surface area contributed by atoms with Crippen LogP contribution >= 0.6 is 0 Å². The Bertz CT molecular complexity index is 1140. The third-order valence-corrected chi connectivity index (χ3v) is 5.98. The molecular formula is C24H28F3N5O3. The maximum absolute atomic E-state index is 13.3. The van der Waals surface area contributed by atoms with Crippen molar-refractivity contribution in [1.82, 2.24) is 20.9 Å². The maximum Gasteiger partial charge on any atom is 0.417 e. The second kappa shape index (κ2) is 10.8. The Hall–Kier alpha value is -3.55. The molecule has 3 atom stereocenters. The zero-order valence-corrected chi connectivity index (χ0v) is 19.5. The molecule has 1 aromatic heterocycles. The quantitative estimate of drug-likeness (QED) is 0.429. The lowest BCUT2D eigenvalue weighted by Crippen LogP contribution is -2.50. The number of carbonyl (C=O) groups excluding carboxylic acids is 3. The second-order valence-corrected chi connectivity index (χ2v) is 9.15.